The first-order valence-corrected chi connectivity index (χ1v) is 5.10. The van der Waals surface area contributed by atoms with Crippen LogP contribution in [0.2, 0.25) is 0 Å². The van der Waals surface area contributed by atoms with Gasteiger partial charge < -0.3 is 5.11 Å². The fraction of sp³-hybridized carbons (Fsp3) is 0.833. The lowest BCUT2D eigenvalue weighted by molar-refractivity contribution is 0.0962. The Morgan fingerprint density at radius 3 is 2.23 bits per heavy atom. The first kappa shape index (κ1) is 10.6. The van der Waals surface area contributed by atoms with Gasteiger partial charge in [0.05, 0.1) is 0 Å². The van der Waals surface area contributed by atoms with Crippen molar-refractivity contribution in [3.8, 4) is 11.8 Å². The van der Waals surface area contributed by atoms with E-state index in [1.54, 1.807) is 0 Å². The largest absolute Gasteiger partial charge is 0.380 e. The summed E-state index contributed by atoms with van der Waals surface area (Å²) in [5.41, 5.74) is 0.137. The molecule has 0 aromatic carbocycles. The minimum Gasteiger partial charge on any atom is -0.380 e. The highest BCUT2D eigenvalue weighted by molar-refractivity contribution is 5.13. The summed E-state index contributed by atoms with van der Waals surface area (Å²) in [4.78, 5) is 0. The van der Waals surface area contributed by atoms with E-state index >= 15 is 0 Å². The fourth-order valence-electron chi connectivity index (χ4n) is 1.03. The van der Waals surface area contributed by atoms with Crippen molar-refractivity contribution in [2.75, 3.05) is 0 Å². The molecule has 0 bridgehead atoms. The van der Waals surface area contributed by atoms with Crippen LogP contribution in [0.15, 0.2) is 0 Å². The Balaban J connectivity index is 2.47. The quantitative estimate of drug-likeness (QED) is 0.614. The van der Waals surface area contributed by atoms with Crippen LogP contribution in [-0.4, -0.2) is 11.2 Å². The molecule has 2 atom stereocenters. The normalized spacial score (nSPS) is 21.6. The molecule has 1 nitrogen and oxygen atoms in total. The van der Waals surface area contributed by atoms with Gasteiger partial charge in [0.15, 0.2) is 0 Å². The zero-order valence-electron chi connectivity index (χ0n) is 9.09. The monoisotopic (exact) mass is 180 g/mol. The number of hydrogen-bond acceptors (Lipinski definition) is 1. The van der Waals surface area contributed by atoms with Crippen molar-refractivity contribution >= 4 is 0 Å². The topological polar surface area (TPSA) is 20.2 Å². The molecule has 1 fully saturated rings. The molecule has 1 rings (SSSR count). The Morgan fingerprint density at radius 1 is 1.31 bits per heavy atom. The summed E-state index contributed by atoms with van der Waals surface area (Å²) >= 11 is 0. The third-order valence-corrected chi connectivity index (χ3v) is 2.85. The van der Waals surface area contributed by atoms with Crippen molar-refractivity contribution in [2.24, 2.45) is 17.3 Å². The van der Waals surface area contributed by atoms with Crippen LogP contribution in [-0.2, 0) is 0 Å². The van der Waals surface area contributed by atoms with E-state index in [1.807, 2.05) is 0 Å². The van der Waals surface area contributed by atoms with Crippen molar-refractivity contribution in [1.82, 2.24) is 0 Å². The molecule has 1 N–H and O–H groups in total. The molecule has 13 heavy (non-hydrogen) atoms. The van der Waals surface area contributed by atoms with E-state index in [4.69, 9.17) is 0 Å². The molecule has 74 valence electrons. The fourth-order valence-corrected chi connectivity index (χ4v) is 1.03. The second kappa shape index (κ2) is 3.72. The third-order valence-electron chi connectivity index (χ3n) is 2.85. The standard InChI is InChI=1S/C12H20O/c1-9(12(2,3)4)11(13)8-7-10-5-6-10/h9-11,13H,5-6H2,1-4H3/t9-,11-/m1/s1. The van der Waals surface area contributed by atoms with Crippen molar-refractivity contribution in [1.29, 1.82) is 0 Å². The van der Waals surface area contributed by atoms with Gasteiger partial charge in [0.1, 0.15) is 6.10 Å². The van der Waals surface area contributed by atoms with Crippen LogP contribution in [0.3, 0.4) is 0 Å². The maximum absolute atomic E-state index is 9.76. The first-order chi connectivity index (χ1) is 5.91. The minimum absolute atomic E-state index is 0.137. The first-order valence-electron chi connectivity index (χ1n) is 5.10. The van der Waals surface area contributed by atoms with Gasteiger partial charge in [-0.15, -0.1) is 0 Å². The lowest BCUT2D eigenvalue weighted by atomic mass is 9.79. The molecule has 1 aliphatic rings. The van der Waals surface area contributed by atoms with E-state index in [-0.39, 0.29) is 11.3 Å². The molecule has 0 heterocycles. The average molecular weight is 180 g/mol. The molecule has 0 aliphatic heterocycles. The molecular formula is C12H20O. The van der Waals surface area contributed by atoms with Crippen LogP contribution < -0.4 is 0 Å². The van der Waals surface area contributed by atoms with Gasteiger partial charge in [-0.25, -0.2) is 0 Å². The van der Waals surface area contributed by atoms with Crippen molar-refractivity contribution < 1.29 is 5.11 Å². The van der Waals surface area contributed by atoms with Gasteiger partial charge in [-0.1, -0.05) is 39.5 Å². The van der Waals surface area contributed by atoms with Gasteiger partial charge in [-0.3, -0.25) is 0 Å². The number of hydrogen-bond donors (Lipinski definition) is 1. The second-order valence-corrected chi connectivity index (χ2v) is 5.16. The smallest absolute Gasteiger partial charge is 0.117 e. The Morgan fingerprint density at radius 2 is 1.85 bits per heavy atom. The lowest BCUT2D eigenvalue weighted by Crippen LogP contribution is -2.28. The maximum atomic E-state index is 9.76. The number of aliphatic hydroxyl groups is 1. The van der Waals surface area contributed by atoms with Crippen molar-refractivity contribution in [3.63, 3.8) is 0 Å². The van der Waals surface area contributed by atoms with Crippen LogP contribution >= 0.6 is 0 Å². The maximum Gasteiger partial charge on any atom is 0.117 e. The van der Waals surface area contributed by atoms with E-state index in [0.717, 1.165) is 0 Å². The van der Waals surface area contributed by atoms with E-state index in [2.05, 4.69) is 39.5 Å². The molecule has 0 aromatic heterocycles. The Bertz CT molecular complexity index is 222. The lowest BCUT2D eigenvalue weighted by Gasteiger charge is -2.28. The second-order valence-electron chi connectivity index (χ2n) is 5.16. The zero-order valence-corrected chi connectivity index (χ0v) is 9.09. The Labute approximate surface area is 81.5 Å². The summed E-state index contributed by atoms with van der Waals surface area (Å²) in [6, 6.07) is 0. The van der Waals surface area contributed by atoms with Crippen LogP contribution in [0.5, 0.6) is 0 Å². The molecule has 0 unspecified atom stereocenters. The molecule has 0 radical (unpaired) electrons. The summed E-state index contributed by atoms with van der Waals surface area (Å²) < 4.78 is 0. The number of rotatable bonds is 1. The highest BCUT2D eigenvalue weighted by Gasteiger charge is 2.26. The number of aliphatic hydroxyl groups excluding tert-OH is 1. The van der Waals surface area contributed by atoms with Gasteiger partial charge in [0, 0.05) is 5.92 Å². The Kier molecular flexibility index (Phi) is 3.03. The van der Waals surface area contributed by atoms with E-state index in [0.29, 0.717) is 5.92 Å². The van der Waals surface area contributed by atoms with Crippen molar-refractivity contribution in [2.45, 2.75) is 46.6 Å². The predicted octanol–water partition coefficient (Wildman–Crippen LogP) is 2.44. The molecule has 0 amide bonds. The summed E-state index contributed by atoms with van der Waals surface area (Å²) in [6.45, 7) is 8.48. The summed E-state index contributed by atoms with van der Waals surface area (Å²) in [6.07, 6.45) is 1.99. The molecule has 1 aliphatic carbocycles. The highest BCUT2D eigenvalue weighted by Crippen LogP contribution is 2.30. The van der Waals surface area contributed by atoms with Gasteiger partial charge in [-0.05, 0) is 24.2 Å². The van der Waals surface area contributed by atoms with Gasteiger partial charge in [0.2, 0.25) is 0 Å². The SMILES string of the molecule is C[C@H]([C@H](O)C#CC1CC1)C(C)(C)C. The van der Waals surface area contributed by atoms with Crippen molar-refractivity contribution in [3.05, 3.63) is 0 Å². The third kappa shape index (κ3) is 3.40. The zero-order chi connectivity index (χ0) is 10.1. The molecular weight excluding hydrogens is 160 g/mol. The molecule has 0 saturated heterocycles. The van der Waals surface area contributed by atoms with E-state index in [1.165, 1.54) is 12.8 Å². The minimum atomic E-state index is -0.458. The average Bonchev–Trinajstić information content (AvgIpc) is 2.80. The molecule has 1 heteroatoms. The predicted molar refractivity (Wildman–Crippen MR) is 55.1 cm³/mol. The van der Waals surface area contributed by atoms with Crippen LogP contribution in [0.4, 0.5) is 0 Å². The molecule has 0 aromatic rings. The van der Waals surface area contributed by atoms with Crippen LogP contribution in [0.25, 0.3) is 0 Å². The van der Waals surface area contributed by atoms with Gasteiger partial charge >= 0.3 is 0 Å². The Hall–Kier alpha value is -0.480. The van der Waals surface area contributed by atoms with E-state index < -0.39 is 6.10 Å². The summed E-state index contributed by atoms with van der Waals surface area (Å²) in [5, 5.41) is 9.76. The molecule has 1 saturated carbocycles. The summed E-state index contributed by atoms with van der Waals surface area (Å²) in [5.74, 6) is 6.89. The van der Waals surface area contributed by atoms with Gasteiger partial charge in [0.25, 0.3) is 0 Å². The highest BCUT2D eigenvalue weighted by atomic mass is 16.3. The van der Waals surface area contributed by atoms with Crippen LogP contribution in [0, 0.1) is 29.1 Å². The van der Waals surface area contributed by atoms with Gasteiger partial charge in [-0.2, -0.15) is 0 Å². The summed E-state index contributed by atoms with van der Waals surface area (Å²) in [7, 11) is 0. The molecule has 0 spiro atoms. The van der Waals surface area contributed by atoms with Crippen LogP contribution in [0.1, 0.15) is 40.5 Å². The van der Waals surface area contributed by atoms with E-state index in [9.17, 15) is 5.11 Å².